The van der Waals surface area contributed by atoms with E-state index >= 15 is 0 Å². The Hall–Kier alpha value is -1.06. The molecule has 3 nitrogen and oxygen atoms in total. The van der Waals surface area contributed by atoms with Gasteiger partial charge in [0.05, 0.1) is 6.61 Å². The Morgan fingerprint density at radius 2 is 2.06 bits per heavy atom. The van der Waals surface area contributed by atoms with Gasteiger partial charge < -0.3 is 15.4 Å². The third-order valence-electron chi connectivity index (χ3n) is 2.73. The van der Waals surface area contributed by atoms with E-state index in [0.717, 1.165) is 36.4 Å². The van der Waals surface area contributed by atoms with Crippen molar-refractivity contribution in [2.24, 2.45) is 5.73 Å². The summed E-state index contributed by atoms with van der Waals surface area (Å²) in [5.74, 6) is 0.966. The first-order chi connectivity index (χ1) is 8.00. The summed E-state index contributed by atoms with van der Waals surface area (Å²) < 4.78 is 5.75. The second-order valence-electron chi connectivity index (χ2n) is 4.82. The highest BCUT2D eigenvalue weighted by atomic mass is 16.5. The zero-order valence-electron chi connectivity index (χ0n) is 11.4. The number of nitrogens with two attached hydrogens (primary N) is 1. The third-order valence-corrected chi connectivity index (χ3v) is 2.73. The molecule has 3 heteroatoms. The highest BCUT2D eigenvalue weighted by Gasteiger charge is 2.04. The minimum absolute atomic E-state index is 0.0801. The largest absolute Gasteiger partial charge is 0.493 e. The van der Waals surface area contributed by atoms with E-state index in [-0.39, 0.29) is 6.04 Å². The smallest absolute Gasteiger partial charge is 0.122 e. The van der Waals surface area contributed by atoms with Crippen molar-refractivity contribution in [2.45, 2.75) is 26.3 Å². The van der Waals surface area contributed by atoms with Crippen LogP contribution in [0.15, 0.2) is 18.2 Å². The summed E-state index contributed by atoms with van der Waals surface area (Å²) in [6.45, 7) is 5.87. The van der Waals surface area contributed by atoms with E-state index in [1.807, 2.05) is 19.1 Å². The molecule has 1 rings (SSSR count). The van der Waals surface area contributed by atoms with Gasteiger partial charge >= 0.3 is 0 Å². The van der Waals surface area contributed by atoms with Gasteiger partial charge in [-0.25, -0.2) is 0 Å². The molecular formula is C14H24N2O. The second kappa shape index (κ2) is 6.62. The van der Waals surface area contributed by atoms with Gasteiger partial charge in [-0.3, -0.25) is 0 Å². The quantitative estimate of drug-likeness (QED) is 0.771. The number of nitrogens with zero attached hydrogens (tertiary/aromatic N) is 1. The molecule has 0 unspecified atom stereocenters. The Morgan fingerprint density at radius 1 is 1.35 bits per heavy atom. The van der Waals surface area contributed by atoms with Crippen LogP contribution >= 0.6 is 0 Å². The molecule has 0 amide bonds. The summed E-state index contributed by atoms with van der Waals surface area (Å²) in [6.07, 6.45) is 1.04. The first-order valence-corrected chi connectivity index (χ1v) is 6.14. The van der Waals surface area contributed by atoms with E-state index in [1.54, 1.807) is 0 Å². The Bertz CT molecular complexity index is 348. The summed E-state index contributed by atoms with van der Waals surface area (Å²) in [6, 6.07) is 6.24. The van der Waals surface area contributed by atoms with E-state index < -0.39 is 0 Å². The van der Waals surface area contributed by atoms with Crippen LogP contribution in [0.3, 0.4) is 0 Å². The topological polar surface area (TPSA) is 38.5 Å². The van der Waals surface area contributed by atoms with Crippen LogP contribution in [0.25, 0.3) is 0 Å². The van der Waals surface area contributed by atoms with Crippen LogP contribution in [0.4, 0.5) is 0 Å². The molecule has 0 aliphatic rings. The normalized spacial score (nSPS) is 12.8. The van der Waals surface area contributed by atoms with Crippen LogP contribution < -0.4 is 10.5 Å². The standard InChI is InChI=1S/C14H24N2O/c1-11-10-13(12(2)15)6-7-14(11)17-9-5-8-16(3)4/h6-7,10,12H,5,8-9,15H2,1-4H3/t12-/m1/s1. The lowest BCUT2D eigenvalue weighted by atomic mass is 10.1. The van der Waals surface area contributed by atoms with Crippen molar-refractivity contribution in [3.8, 4) is 5.75 Å². The first kappa shape index (κ1) is 14.0. The molecule has 17 heavy (non-hydrogen) atoms. The van der Waals surface area contributed by atoms with E-state index in [1.165, 1.54) is 0 Å². The molecule has 0 saturated heterocycles. The van der Waals surface area contributed by atoms with E-state index in [2.05, 4.69) is 32.0 Å². The molecular weight excluding hydrogens is 212 g/mol. The van der Waals surface area contributed by atoms with Crippen molar-refractivity contribution in [3.05, 3.63) is 29.3 Å². The van der Waals surface area contributed by atoms with Crippen molar-refractivity contribution in [1.82, 2.24) is 4.90 Å². The Kier molecular flexibility index (Phi) is 5.45. The molecule has 1 aromatic rings. The molecule has 0 saturated carbocycles. The Labute approximate surface area is 105 Å². The van der Waals surface area contributed by atoms with Crippen molar-refractivity contribution < 1.29 is 4.74 Å². The predicted octanol–water partition coefficient (Wildman–Crippen LogP) is 2.35. The summed E-state index contributed by atoms with van der Waals surface area (Å²) in [7, 11) is 4.14. The van der Waals surface area contributed by atoms with Gasteiger partial charge in [-0.2, -0.15) is 0 Å². The summed E-state index contributed by atoms with van der Waals surface area (Å²) in [4.78, 5) is 2.16. The van der Waals surface area contributed by atoms with Crippen LogP contribution in [0.2, 0.25) is 0 Å². The molecule has 2 N–H and O–H groups in total. The molecule has 0 aliphatic carbocycles. The van der Waals surface area contributed by atoms with Crippen LogP contribution in [-0.2, 0) is 0 Å². The number of rotatable bonds is 6. The molecule has 1 atom stereocenters. The Balaban J connectivity index is 2.49. The maximum Gasteiger partial charge on any atom is 0.122 e. The highest BCUT2D eigenvalue weighted by Crippen LogP contribution is 2.21. The minimum atomic E-state index is 0.0801. The van der Waals surface area contributed by atoms with Gasteiger partial charge in [0.2, 0.25) is 0 Å². The number of ether oxygens (including phenoxy) is 1. The van der Waals surface area contributed by atoms with Crippen molar-refractivity contribution >= 4 is 0 Å². The number of benzene rings is 1. The molecule has 0 bridgehead atoms. The molecule has 1 aromatic carbocycles. The average Bonchev–Trinajstić information content (AvgIpc) is 2.25. The monoisotopic (exact) mass is 236 g/mol. The molecule has 0 fully saturated rings. The third kappa shape index (κ3) is 4.75. The lowest BCUT2D eigenvalue weighted by Gasteiger charge is -2.13. The SMILES string of the molecule is Cc1cc([C@@H](C)N)ccc1OCCCN(C)C. The summed E-state index contributed by atoms with van der Waals surface area (Å²) >= 11 is 0. The van der Waals surface area contributed by atoms with E-state index in [4.69, 9.17) is 10.5 Å². The zero-order chi connectivity index (χ0) is 12.8. The molecule has 0 spiro atoms. The Morgan fingerprint density at radius 3 is 2.59 bits per heavy atom. The van der Waals surface area contributed by atoms with Gasteiger partial charge in [-0.05, 0) is 51.6 Å². The minimum Gasteiger partial charge on any atom is -0.493 e. The average molecular weight is 236 g/mol. The first-order valence-electron chi connectivity index (χ1n) is 6.14. The maximum absolute atomic E-state index is 5.84. The van der Waals surface area contributed by atoms with Crippen LogP contribution in [0, 0.1) is 6.92 Å². The van der Waals surface area contributed by atoms with Crippen molar-refractivity contribution in [2.75, 3.05) is 27.2 Å². The van der Waals surface area contributed by atoms with Crippen LogP contribution in [-0.4, -0.2) is 32.1 Å². The second-order valence-corrected chi connectivity index (χ2v) is 4.82. The van der Waals surface area contributed by atoms with Crippen LogP contribution in [0.1, 0.15) is 30.5 Å². The van der Waals surface area contributed by atoms with Gasteiger partial charge in [0, 0.05) is 12.6 Å². The summed E-state index contributed by atoms with van der Waals surface area (Å²) in [5.41, 5.74) is 8.15. The fraction of sp³-hybridized carbons (Fsp3) is 0.571. The van der Waals surface area contributed by atoms with Crippen LogP contribution in [0.5, 0.6) is 5.75 Å². The molecule has 0 radical (unpaired) electrons. The van der Waals surface area contributed by atoms with Gasteiger partial charge in [0.1, 0.15) is 5.75 Å². The predicted molar refractivity (Wildman–Crippen MR) is 72.4 cm³/mol. The van der Waals surface area contributed by atoms with Gasteiger partial charge in [0.25, 0.3) is 0 Å². The fourth-order valence-electron chi connectivity index (χ4n) is 1.68. The molecule has 0 aromatic heterocycles. The van der Waals surface area contributed by atoms with E-state index in [0.29, 0.717) is 0 Å². The fourth-order valence-corrected chi connectivity index (χ4v) is 1.68. The lowest BCUT2D eigenvalue weighted by Crippen LogP contribution is -2.15. The number of aryl methyl sites for hydroxylation is 1. The molecule has 96 valence electrons. The highest BCUT2D eigenvalue weighted by molar-refractivity contribution is 5.37. The van der Waals surface area contributed by atoms with E-state index in [9.17, 15) is 0 Å². The lowest BCUT2D eigenvalue weighted by molar-refractivity contribution is 0.280. The van der Waals surface area contributed by atoms with Crippen molar-refractivity contribution in [1.29, 1.82) is 0 Å². The molecule has 0 heterocycles. The maximum atomic E-state index is 5.84. The van der Waals surface area contributed by atoms with Crippen molar-refractivity contribution in [3.63, 3.8) is 0 Å². The summed E-state index contributed by atoms with van der Waals surface area (Å²) in [5, 5.41) is 0. The molecule has 0 aliphatic heterocycles. The number of hydrogen-bond acceptors (Lipinski definition) is 3. The number of hydrogen-bond donors (Lipinski definition) is 1. The zero-order valence-corrected chi connectivity index (χ0v) is 11.4. The van der Waals surface area contributed by atoms with Gasteiger partial charge in [0.15, 0.2) is 0 Å². The van der Waals surface area contributed by atoms with Gasteiger partial charge in [-0.15, -0.1) is 0 Å². The van der Waals surface area contributed by atoms with Gasteiger partial charge in [-0.1, -0.05) is 12.1 Å².